The van der Waals surface area contributed by atoms with Crippen molar-refractivity contribution in [1.29, 1.82) is 0 Å². The third kappa shape index (κ3) is 4.01. The maximum atomic E-state index is 13.6. The van der Waals surface area contributed by atoms with Crippen molar-refractivity contribution in [2.45, 2.75) is 0 Å². The normalized spacial score (nSPS) is 10.4. The van der Waals surface area contributed by atoms with E-state index in [4.69, 9.17) is 14.2 Å². The summed E-state index contributed by atoms with van der Waals surface area (Å²) >= 11 is 1.22. The predicted molar refractivity (Wildman–Crippen MR) is 102 cm³/mol. The summed E-state index contributed by atoms with van der Waals surface area (Å²) in [5, 5.41) is 4.81. The van der Waals surface area contributed by atoms with E-state index in [1.165, 1.54) is 50.9 Å². The molecule has 3 rings (SSSR count). The van der Waals surface area contributed by atoms with E-state index >= 15 is 0 Å². The quantitative estimate of drug-likeness (QED) is 0.684. The third-order valence-corrected chi connectivity index (χ3v) is 4.57. The average Bonchev–Trinajstić information content (AvgIpc) is 3.15. The van der Waals surface area contributed by atoms with Crippen LogP contribution in [0.25, 0.3) is 11.3 Å². The van der Waals surface area contributed by atoms with Crippen molar-refractivity contribution in [3.63, 3.8) is 0 Å². The molecule has 0 saturated carbocycles. The molecule has 0 aliphatic heterocycles. The molecule has 0 aliphatic rings. The fraction of sp³-hybridized carbons (Fsp3) is 0.158. The summed E-state index contributed by atoms with van der Waals surface area (Å²) in [5.74, 6) is 0.652. The molecule has 0 radical (unpaired) electrons. The minimum Gasteiger partial charge on any atom is -0.497 e. The zero-order chi connectivity index (χ0) is 19.4. The third-order valence-electron chi connectivity index (χ3n) is 3.81. The molecule has 6 nitrogen and oxygen atoms in total. The molecular formula is C19H17FN2O4S. The first kappa shape index (κ1) is 18.7. The van der Waals surface area contributed by atoms with E-state index in [-0.39, 0.29) is 0 Å². The van der Waals surface area contributed by atoms with Gasteiger partial charge in [-0.25, -0.2) is 9.37 Å². The van der Waals surface area contributed by atoms with Gasteiger partial charge in [0.05, 0.1) is 32.6 Å². The Hall–Kier alpha value is -3.13. The SMILES string of the molecule is COc1ccc(OC)c(C(=O)Nc2nc(-c3cc(F)ccc3OC)cs2)c1. The Kier molecular flexibility index (Phi) is 5.56. The number of carbonyl (C=O) groups is 1. The highest BCUT2D eigenvalue weighted by atomic mass is 32.1. The van der Waals surface area contributed by atoms with Crippen LogP contribution in [-0.4, -0.2) is 32.2 Å². The molecule has 27 heavy (non-hydrogen) atoms. The van der Waals surface area contributed by atoms with Crippen LogP contribution in [0.5, 0.6) is 17.2 Å². The Morgan fingerprint density at radius 1 is 1.04 bits per heavy atom. The first-order valence-corrected chi connectivity index (χ1v) is 8.76. The van der Waals surface area contributed by atoms with Crippen molar-refractivity contribution in [3.05, 3.63) is 53.2 Å². The first-order valence-electron chi connectivity index (χ1n) is 7.88. The van der Waals surface area contributed by atoms with Crippen LogP contribution in [0.15, 0.2) is 41.8 Å². The van der Waals surface area contributed by atoms with Crippen molar-refractivity contribution >= 4 is 22.4 Å². The lowest BCUT2D eigenvalue weighted by Crippen LogP contribution is -2.13. The minimum absolute atomic E-state index is 0.317. The van der Waals surface area contributed by atoms with Crippen molar-refractivity contribution < 1.29 is 23.4 Å². The topological polar surface area (TPSA) is 69.7 Å². The second-order valence-corrected chi connectivity index (χ2v) is 6.26. The second-order valence-electron chi connectivity index (χ2n) is 5.40. The van der Waals surface area contributed by atoms with E-state index in [0.717, 1.165) is 0 Å². The number of nitrogens with zero attached hydrogens (tertiary/aromatic N) is 1. The summed E-state index contributed by atoms with van der Waals surface area (Å²) in [4.78, 5) is 17.0. The van der Waals surface area contributed by atoms with E-state index in [1.807, 2.05) is 0 Å². The molecule has 0 fully saturated rings. The van der Waals surface area contributed by atoms with Crippen LogP contribution in [0, 0.1) is 5.82 Å². The van der Waals surface area contributed by atoms with Crippen LogP contribution in [0.2, 0.25) is 0 Å². The van der Waals surface area contributed by atoms with E-state index in [2.05, 4.69) is 10.3 Å². The number of benzene rings is 2. The largest absolute Gasteiger partial charge is 0.497 e. The van der Waals surface area contributed by atoms with Gasteiger partial charge in [-0.3, -0.25) is 10.1 Å². The van der Waals surface area contributed by atoms with Gasteiger partial charge in [0.25, 0.3) is 5.91 Å². The molecule has 1 aromatic heterocycles. The van der Waals surface area contributed by atoms with Crippen LogP contribution >= 0.6 is 11.3 Å². The zero-order valence-electron chi connectivity index (χ0n) is 14.9. The van der Waals surface area contributed by atoms with E-state index in [1.54, 1.807) is 23.6 Å². The molecule has 3 aromatic rings. The lowest BCUT2D eigenvalue weighted by molar-refractivity contribution is 0.102. The molecule has 1 N–H and O–H groups in total. The maximum absolute atomic E-state index is 13.6. The summed E-state index contributed by atoms with van der Waals surface area (Å²) < 4.78 is 29.2. The number of thiazole rings is 1. The molecule has 2 aromatic carbocycles. The monoisotopic (exact) mass is 388 g/mol. The summed E-state index contributed by atoms with van der Waals surface area (Å²) in [6.45, 7) is 0. The van der Waals surface area contributed by atoms with Gasteiger partial charge in [-0.2, -0.15) is 0 Å². The van der Waals surface area contributed by atoms with Crippen molar-refractivity contribution in [2.75, 3.05) is 26.6 Å². The standard InChI is InChI=1S/C19H17FN2O4S/c1-24-12-5-7-17(26-3)14(9-12)18(23)22-19-21-15(10-27-19)13-8-11(20)4-6-16(13)25-2/h4-10H,1-3H3,(H,21,22,23). The number of hydrogen-bond donors (Lipinski definition) is 1. The highest BCUT2D eigenvalue weighted by molar-refractivity contribution is 7.14. The number of ether oxygens (including phenoxy) is 3. The van der Waals surface area contributed by atoms with Gasteiger partial charge in [0.15, 0.2) is 5.13 Å². The molecule has 0 spiro atoms. The fourth-order valence-electron chi connectivity index (χ4n) is 2.49. The van der Waals surface area contributed by atoms with E-state index < -0.39 is 11.7 Å². The van der Waals surface area contributed by atoms with Crippen LogP contribution < -0.4 is 19.5 Å². The van der Waals surface area contributed by atoms with Crippen LogP contribution in [0.1, 0.15) is 10.4 Å². The Balaban J connectivity index is 1.86. The van der Waals surface area contributed by atoms with Gasteiger partial charge < -0.3 is 14.2 Å². The minimum atomic E-state index is -0.398. The van der Waals surface area contributed by atoms with Crippen molar-refractivity contribution in [3.8, 4) is 28.5 Å². The van der Waals surface area contributed by atoms with Gasteiger partial charge >= 0.3 is 0 Å². The van der Waals surface area contributed by atoms with Crippen LogP contribution in [-0.2, 0) is 0 Å². The Bertz CT molecular complexity index is 974. The van der Waals surface area contributed by atoms with E-state index in [0.29, 0.717) is 39.2 Å². The van der Waals surface area contributed by atoms with Gasteiger partial charge in [-0.05, 0) is 36.4 Å². The maximum Gasteiger partial charge on any atom is 0.261 e. The molecule has 8 heteroatoms. The summed E-state index contributed by atoms with van der Waals surface area (Å²) in [6.07, 6.45) is 0. The predicted octanol–water partition coefficient (Wildman–Crippen LogP) is 4.23. The number of rotatable bonds is 6. The van der Waals surface area contributed by atoms with Gasteiger partial charge in [0.2, 0.25) is 0 Å². The number of methoxy groups -OCH3 is 3. The zero-order valence-corrected chi connectivity index (χ0v) is 15.7. The number of carbonyl (C=O) groups excluding carboxylic acids is 1. The smallest absolute Gasteiger partial charge is 0.261 e. The summed E-state index contributed by atoms with van der Waals surface area (Å²) in [6, 6.07) is 9.12. The highest BCUT2D eigenvalue weighted by Crippen LogP contribution is 2.33. The molecule has 0 saturated heterocycles. The first-order chi connectivity index (χ1) is 13.0. The number of halogens is 1. The van der Waals surface area contributed by atoms with Gasteiger partial charge in [-0.1, -0.05) is 0 Å². The number of aromatic nitrogens is 1. The molecule has 0 bridgehead atoms. The van der Waals surface area contributed by atoms with Gasteiger partial charge in [0.1, 0.15) is 23.1 Å². The molecule has 0 atom stereocenters. The Morgan fingerprint density at radius 3 is 2.48 bits per heavy atom. The molecule has 1 amide bonds. The number of anilines is 1. The Labute approximate surface area is 159 Å². The van der Waals surface area contributed by atoms with Crippen LogP contribution in [0.4, 0.5) is 9.52 Å². The lowest BCUT2D eigenvalue weighted by atomic mass is 10.1. The molecule has 0 unspecified atom stereocenters. The molecular weight excluding hydrogens is 371 g/mol. The van der Waals surface area contributed by atoms with Gasteiger partial charge in [0, 0.05) is 10.9 Å². The number of nitrogens with one attached hydrogen (secondary N) is 1. The van der Waals surface area contributed by atoms with E-state index in [9.17, 15) is 9.18 Å². The molecule has 1 heterocycles. The Morgan fingerprint density at radius 2 is 1.78 bits per heavy atom. The summed E-state index contributed by atoms with van der Waals surface area (Å²) in [5.41, 5.74) is 1.33. The lowest BCUT2D eigenvalue weighted by Gasteiger charge is -2.09. The fourth-order valence-corrected chi connectivity index (χ4v) is 3.20. The second kappa shape index (κ2) is 8.05. The molecule has 0 aliphatic carbocycles. The van der Waals surface area contributed by atoms with Crippen molar-refractivity contribution in [1.82, 2.24) is 4.98 Å². The van der Waals surface area contributed by atoms with Gasteiger partial charge in [-0.15, -0.1) is 11.3 Å². The van der Waals surface area contributed by atoms with Crippen molar-refractivity contribution in [2.24, 2.45) is 0 Å². The number of amides is 1. The highest BCUT2D eigenvalue weighted by Gasteiger charge is 2.17. The number of hydrogen-bond acceptors (Lipinski definition) is 6. The molecule has 140 valence electrons. The average molecular weight is 388 g/mol. The van der Waals surface area contributed by atoms with Crippen LogP contribution in [0.3, 0.4) is 0 Å². The summed E-state index contributed by atoms with van der Waals surface area (Å²) in [7, 11) is 4.50.